The fourth-order valence-electron chi connectivity index (χ4n) is 3.46. The van der Waals surface area contributed by atoms with Crippen LogP contribution in [-0.4, -0.2) is 24.2 Å². The highest BCUT2D eigenvalue weighted by Gasteiger charge is 2.24. The van der Waals surface area contributed by atoms with Crippen LogP contribution in [0.15, 0.2) is 35.2 Å². The molecule has 0 amide bonds. The van der Waals surface area contributed by atoms with Crippen molar-refractivity contribution in [1.29, 1.82) is 0 Å². The van der Waals surface area contributed by atoms with Gasteiger partial charge >= 0.3 is 5.97 Å². The smallest absolute Gasteiger partial charge is 0.307 e. The molecule has 24 heavy (non-hydrogen) atoms. The van der Waals surface area contributed by atoms with Gasteiger partial charge in [0.25, 0.3) is 0 Å². The van der Waals surface area contributed by atoms with E-state index in [1.807, 2.05) is 18.2 Å². The van der Waals surface area contributed by atoms with Gasteiger partial charge in [0.1, 0.15) is 12.4 Å². The number of rotatable bonds is 2. The van der Waals surface area contributed by atoms with Crippen molar-refractivity contribution in [3.8, 4) is 5.75 Å². The van der Waals surface area contributed by atoms with Gasteiger partial charge in [-0.3, -0.25) is 4.79 Å². The standard InChI is InChI=1S/C19H19NO3S/c21-17(22)10-12-1-2-16-15(9-12)18(13-3-6-20-7-4-13)19-14(11-23-16)5-8-24-19/h1-2,5,8-9,20H,3-4,6-7,10-11H2,(H,21,22). The second kappa shape index (κ2) is 6.42. The van der Waals surface area contributed by atoms with Crippen molar-refractivity contribution in [1.82, 2.24) is 5.32 Å². The zero-order chi connectivity index (χ0) is 16.5. The lowest BCUT2D eigenvalue weighted by Gasteiger charge is -2.21. The third-order valence-corrected chi connectivity index (χ3v) is 5.56. The van der Waals surface area contributed by atoms with E-state index >= 15 is 0 Å². The zero-order valence-electron chi connectivity index (χ0n) is 13.3. The monoisotopic (exact) mass is 341 g/mol. The molecule has 1 aromatic heterocycles. The molecule has 0 spiro atoms. The fraction of sp³-hybridized carbons (Fsp3) is 0.316. The molecule has 0 aliphatic carbocycles. The molecule has 0 bridgehead atoms. The highest BCUT2D eigenvalue weighted by molar-refractivity contribution is 7.11. The highest BCUT2D eigenvalue weighted by atomic mass is 32.1. The topological polar surface area (TPSA) is 58.6 Å². The van der Waals surface area contributed by atoms with Gasteiger partial charge in [0.15, 0.2) is 0 Å². The van der Waals surface area contributed by atoms with Crippen molar-refractivity contribution in [2.45, 2.75) is 25.9 Å². The first-order valence-corrected chi connectivity index (χ1v) is 9.07. The molecule has 2 aliphatic heterocycles. The van der Waals surface area contributed by atoms with E-state index in [9.17, 15) is 4.79 Å². The molecule has 0 unspecified atom stereocenters. The average molecular weight is 341 g/mol. The number of carboxylic acids is 1. The number of nitrogens with one attached hydrogen (secondary N) is 1. The number of fused-ring (bicyclic) bond motifs is 2. The van der Waals surface area contributed by atoms with Crippen LogP contribution >= 0.6 is 11.3 Å². The van der Waals surface area contributed by atoms with Gasteiger partial charge in [-0.05, 0) is 55.1 Å². The SMILES string of the molecule is O=C(O)Cc1ccc2c(c1)C(=C1CCNCC1)c1sccc1CO2. The van der Waals surface area contributed by atoms with Crippen LogP contribution in [0.3, 0.4) is 0 Å². The van der Waals surface area contributed by atoms with Crippen LogP contribution in [0.5, 0.6) is 5.75 Å². The molecule has 0 radical (unpaired) electrons. The molecule has 1 aromatic carbocycles. The van der Waals surface area contributed by atoms with Crippen molar-refractivity contribution >= 4 is 22.9 Å². The Morgan fingerprint density at radius 2 is 2.08 bits per heavy atom. The normalized spacial score (nSPS) is 16.8. The van der Waals surface area contributed by atoms with E-state index in [0.717, 1.165) is 42.8 Å². The Bertz CT molecular complexity index is 814. The highest BCUT2D eigenvalue weighted by Crippen LogP contribution is 2.43. The molecule has 0 saturated carbocycles. The van der Waals surface area contributed by atoms with Crippen molar-refractivity contribution < 1.29 is 14.6 Å². The summed E-state index contributed by atoms with van der Waals surface area (Å²) < 4.78 is 6.02. The van der Waals surface area contributed by atoms with Crippen LogP contribution < -0.4 is 10.1 Å². The summed E-state index contributed by atoms with van der Waals surface area (Å²) >= 11 is 1.75. The van der Waals surface area contributed by atoms with E-state index in [1.54, 1.807) is 11.3 Å². The van der Waals surface area contributed by atoms with Crippen LogP contribution in [0, 0.1) is 0 Å². The molecule has 5 heteroatoms. The second-order valence-electron chi connectivity index (χ2n) is 6.19. The molecule has 2 N–H and O–H groups in total. The molecule has 4 rings (SSSR count). The first-order valence-electron chi connectivity index (χ1n) is 8.20. The van der Waals surface area contributed by atoms with Crippen LogP contribution in [0.2, 0.25) is 0 Å². The molecular formula is C19H19NO3S. The number of aliphatic carboxylic acids is 1. The number of hydrogen-bond acceptors (Lipinski definition) is 4. The number of benzene rings is 1. The number of ether oxygens (including phenoxy) is 1. The Kier molecular flexibility index (Phi) is 4.12. The van der Waals surface area contributed by atoms with Crippen LogP contribution in [-0.2, 0) is 17.8 Å². The Morgan fingerprint density at radius 1 is 1.25 bits per heavy atom. The number of piperidine rings is 1. The van der Waals surface area contributed by atoms with Crippen LogP contribution in [0.4, 0.5) is 0 Å². The quantitative estimate of drug-likeness (QED) is 0.878. The number of carboxylic acid groups (broad SMARTS) is 1. The van der Waals surface area contributed by atoms with Crippen LogP contribution in [0.25, 0.3) is 5.57 Å². The predicted octanol–water partition coefficient (Wildman–Crippen LogP) is 3.45. The third-order valence-electron chi connectivity index (χ3n) is 4.59. The van der Waals surface area contributed by atoms with Crippen molar-refractivity contribution in [2.24, 2.45) is 0 Å². The van der Waals surface area contributed by atoms with Gasteiger partial charge in [0, 0.05) is 21.6 Å². The van der Waals surface area contributed by atoms with E-state index in [-0.39, 0.29) is 6.42 Å². The Labute approximate surface area is 144 Å². The minimum Gasteiger partial charge on any atom is -0.488 e. The summed E-state index contributed by atoms with van der Waals surface area (Å²) in [5, 5.41) is 14.6. The predicted molar refractivity (Wildman–Crippen MR) is 94.6 cm³/mol. The molecule has 3 heterocycles. The van der Waals surface area contributed by atoms with E-state index in [2.05, 4.69) is 16.8 Å². The third kappa shape index (κ3) is 2.85. The Balaban J connectivity index is 1.90. The molecule has 2 aliphatic rings. The Hall–Kier alpha value is -2.11. The Morgan fingerprint density at radius 3 is 2.88 bits per heavy atom. The summed E-state index contributed by atoms with van der Waals surface area (Å²) in [5.74, 6) is 0.0472. The maximum Gasteiger partial charge on any atom is 0.307 e. The molecule has 1 fully saturated rings. The number of carbonyl (C=O) groups is 1. The lowest BCUT2D eigenvalue weighted by atomic mass is 9.90. The summed E-state index contributed by atoms with van der Waals surface area (Å²) in [5.41, 5.74) is 5.79. The van der Waals surface area contributed by atoms with Gasteiger partial charge < -0.3 is 15.2 Å². The summed E-state index contributed by atoms with van der Waals surface area (Å²) in [4.78, 5) is 12.4. The van der Waals surface area contributed by atoms with Gasteiger partial charge in [-0.15, -0.1) is 11.3 Å². The van der Waals surface area contributed by atoms with Gasteiger partial charge in [-0.1, -0.05) is 11.6 Å². The van der Waals surface area contributed by atoms with E-state index in [1.165, 1.54) is 21.6 Å². The lowest BCUT2D eigenvalue weighted by Crippen LogP contribution is -2.23. The van der Waals surface area contributed by atoms with Gasteiger partial charge in [-0.25, -0.2) is 0 Å². The zero-order valence-corrected chi connectivity index (χ0v) is 14.1. The molecule has 4 nitrogen and oxygen atoms in total. The fourth-order valence-corrected chi connectivity index (χ4v) is 4.48. The summed E-state index contributed by atoms with van der Waals surface area (Å²) in [6.07, 6.45) is 2.08. The van der Waals surface area contributed by atoms with Gasteiger partial charge in [0.2, 0.25) is 0 Å². The maximum absolute atomic E-state index is 11.1. The van der Waals surface area contributed by atoms with E-state index in [0.29, 0.717) is 6.61 Å². The van der Waals surface area contributed by atoms with E-state index in [4.69, 9.17) is 9.84 Å². The molecular weight excluding hydrogens is 322 g/mol. The largest absolute Gasteiger partial charge is 0.488 e. The molecule has 124 valence electrons. The average Bonchev–Trinajstić information content (AvgIpc) is 2.97. The van der Waals surface area contributed by atoms with Crippen LogP contribution in [0.1, 0.15) is 34.4 Å². The maximum atomic E-state index is 11.1. The van der Waals surface area contributed by atoms with Gasteiger partial charge in [0.05, 0.1) is 6.42 Å². The van der Waals surface area contributed by atoms with Crippen molar-refractivity contribution in [2.75, 3.05) is 13.1 Å². The van der Waals surface area contributed by atoms with Crippen molar-refractivity contribution in [3.63, 3.8) is 0 Å². The molecule has 0 atom stereocenters. The molecule has 2 aromatic rings. The summed E-state index contributed by atoms with van der Waals surface area (Å²) in [6.45, 7) is 2.55. The minimum atomic E-state index is -0.808. The van der Waals surface area contributed by atoms with Crippen molar-refractivity contribution in [3.05, 3.63) is 56.8 Å². The summed E-state index contributed by atoms with van der Waals surface area (Å²) in [6, 6.07) is 7.91. The summed E-state index contributed by atoms with van der Waals surface area (Å²) in [7, 11) is 0. The first-order chi connectivity index (χ1) is 11.7. The van der Waals surface area contributed by atoms with Gasteiger partial charge in [-0.2, -0.15) is 0 Å². The minimum absolute atomic E-state index is 0.0365. The first kappa shape index (κ1) is 15.4. The number of thiophene rings is 1. The van der Waals surface area contributed by atoms with E-state index < -0.39 is 5.97 Å². The molecule has 1 saturated heterocycles. The lowest BCUT2D eigenvalue weighted by molar-refractivity contribution is -0.136. The number of hydrogen-bond donors (Lipinski definition) is 2. The second-order valence-corrected chi connectivity index (χ2v) is 7.11.